The smallest absolute Gasteiger partial charge is 0.340 e. The van der Waals surface area contributed by atoms with E-state index < -0.39 is 15.7 Å². The predicted octanol–water partition coefficient (Wildman–Crippen LogP) is -0.403. The minimum Gasteiger partial charge on any atom is -0.352 e. The monoisotopic (exact) mass is 353 g/mol. The van der Waals surface area contributed by atoms with Gasteiger partial charge in [-0.15, -0.1) is 0 Å². The van der Waals surface area contributed by atoms with Crippen molar-refractivity contribution >= 4 is 15.9 Å². The van der Waals surface area contributed by atoms with Gasteiger partial charge in [0, 0.05) is 33.5 Å². The number of hydrogen-bond acceptors (Lipinski definition) is 5. The third-order valence-electron chi connectivity index (χ3n) is 3.33. The standard InChI is InChI=1S/C14H19N5O4S/c1-19(2)24(22,23)11-5-3-10(4-6-11)9-15-13(20)8-7-12-16-14(21)18-17-12/h3-6H,7-9H2,1-2H3,(H,15,20)(H2,16,17,18,21). The van der Waals surface area contributed by atoms with Gasteiger partial charge in [0.05, 0.1) is 4.90 Å². The van der Waals surface area contributed by atoms with E-state index in [1.165, 1.54) is 26.2 Å². The van der Waals surface area contributed by atoms with Crippen LogP contribution >= 0.6 is 0 Å². The first-order valence-corrected chi connectivity index (χ1v) is 8.65. The average molecular weight is 353 g/mol. The number of sulfonamides is 1. The zero-order chi connectivity index (χ0) is 17.7. The molecule has 1 heterocycles. The van der Waals surface area contributed by atoms with Gasteiger partial charge in [-0.1, -0.05) is 12.1 Å². The fraction of sp³-hybridized carbons (Fsp3) is 0.357. The van der Waals surface area contributed by atoms with E-state index >= 15 is 0 Å². The van der Waals surface area contributed by atoms with E-state index in [0.29, 0.717) is 12.2 Å². The number of nitrogens with zero attached hydrogens (tertiary/aromatic N) is 2. The lowest BCUT2D eigenvalue weighted by Gasteiger charge is -2.11. The molecule has 0 saturated carbocycles. The van der Waals surface area contributed by atoms with Crippen molar-refractivity contribution in [3.63, 3.8) is 0 Å². The maximum Gasteiger partial charge on any atom is 0.340 e. The highest BCUT2D eigenvalue weighted by molar-refractivity contribution is 7.89. The summed E-state index contributed by atoms with van der Waals surface area (Å²) in [5.41, 5.74) is 0.382. The summed E-state index contributed by atoms with van der Waals surface area (Å²) in [6, 6.07) is 6.32. The van der Waals surface area contributed by atoms with E-state index in [4.69, 9.17) is 0 Å². The molecule has 2 aromatic rings. The molecule has 0 saturated heterocycles. The highest BCUT2D eigenvalue weighted by Gasteiger charge is 2.16. The van der Waals surface area contributed by atoms with Crippen LogP contribution in [0.15, 0.2) is 34.0 Å². The van der Waals surface area contributed by atoms with Gasteiger partial charge >= 0.3 is 5.69 Å². The van der Waals surface area contributed by atoms with E-state index in [2.05, 4.69) is 20.5 Å². The van der Waals surface area contributed by atoms with Crippen molar-refractivity contribution in [3.05, 3.63) is 46.1 Å². The van der Waals surface area contributed by atoms with Crippen molar-refractivity contribution in [2.75, 3.05) is 14.1 Å². The summed E-state index contributed by atoms with van der Waals surface area (Å²) in [6.07, 6.45) is 0.512. The van der Waals surface area contributed by atoms with E-state index in [1.807, 2.05) is 0 Å². The molecule has 0 aliphatic rings. The second-order valence-electron chi connectivity index (χ2n) is 5.33. The van der Waals surface area contributed by atoms with Crippen molar-refractivity contribution in [1.82, 2.24) is 24.8 Å². The first-order chi connectivity index (χ1) is 11.3. The predicted molar refractivity (Wildman–Crippen MR) is 86.7 cm³/mol. The second kappa shape index (κ2) is 7.41. The van der Waals surface area contributed by atoms with Gasteiger partial charge in [0.2, 0.25) is 15.9 Å². The Bertz CT molecular complexity index is 852. The number of carbonyl (C=O) groups excluding carboxylic acids is 1. The van der Waals surface area contributed by atoms with Gasteiger partial charge in [0.1, 0.15) is 5.82 Å². The molecular weight excluding hydrogens is 334 g/mol. The Hall–Kier alpha value is -2.46. The van der Waals surface area contributed by atoms with Gasteiger partial charge in [-0.3, -0.25) is 9.78 Å². The van der Waals surface area contributed by atoms with Crippen molar-refractivity contribution in [2.45, 2.75) is 24.3 Å². The third kappa shape index (κ3) is 4.52. The third-order valence-corrected chi connectivity index (χ3v) is 5.16. The van der Waals surface area contributed by atoms with Crippen molar-refractivity contribution in [1.29, 1.82) is 0 Å². The SMILES string of the molecule is CN(C)S(=O)(=O)c1ccc(CNC(=O)CCc2n[nH]c(=O)[nH]2)cc1. The van der Waals surface area contributed by atoms with Crippen LogP contribution in [-0.2, 0) is 27.8 Å². The molecule has 1 amide bonds. The number of H-pyrrole nitrogens is 2. The Labute approximate surface area is 139 Å². The molecule has 1 aromatic carbocycles. The number of carbonyl (C=O) groups is 1. The molecule has 3 N–H and O–H groups in total. The van der Waals surface area contributed by atoms with Crippen LogP contribution in [0.4, 0.5) is 0 Å². The van der Waals surface area contributed by atoms with Crippen LogP contribution in [0.3, 0.4) is 0 Å². The number of amides is 1. The molecule has 9 nitrogen and oxygen atoms in total. The van der Waals surface area contributed by atoms with Crippen LogP contribution in [0.25, 0.3) is 0 Å². The summed E-state index contributed by atoms with van der Waals surface area (Å²) in [7, 11) is -0.518. The molecular formula is C14H19N5O4S. The molecule has 0 fully saturated rings. The number of hydrogen-bond donors (Lipinski definition) is 3. The van der Waals surface area contributed by atoms with Crippen LogP contribution < -0.4 is 11.0 Å². The topological polar surface area (TPSA) is 128 Å². The van der Waals surface area contributed by atoms with E-state index in [9.17, 15) is 18.0 Å². The molecule has 24 heavy (non-hydrogen) atoms. The summed E-state index contributed by atoms with van der Waals surface area (Å²) in [4.78, 5) is 25.3. The van der Waals surface area contributed by atoms with Crippen LogP contribution in [0, 0.1) is 0 Å². The first kappa shape index (κ1) is 17.9. The van der Waals surface area contributed by atoms with Crippen molar-refractivity contribution in [3.8, 4) is 0 Å². The number of rotatable bonds is 7. The molecule has 0 aliphatic heterocycles. The normalized spacial score (nSPS) is 11.6. The Kier molecular flexibility index (Phi) is 5.52. The fourth-order valence-corrected chi connectivity index (χ4v) is 2.84. The highest BCUT2D eigenvalue weighted by atomic mass is 32.2. The Morgan fingerprint density at radius 1 is 1.25 bits per heavy atom. The number of aromatic amines is 2. The maximum atomic E-state index is 12.0. The molecule has 1 aromatic heterocycles. The zero-order valence-electron chi connectivity index (χ0n) is 13.4. The molecule has 0 spiro atoms. The molecule has 0 bridgehead atoms. The van der Waals surface area contributed by atoms with E-state index in [1.54, 1.807) is 12.1 Å². The minimum absolute atomic E-state index is 0.188. The number of nitrogens with one attached hydrogen (secondary N) is 3. The largest absolute Gasteiger partial charge is 0.352 e. The molecule has 130 valence electrons. The molecule has 10 heteroatoms. The van der Waals surface area contributed by atoms with E-state index in [0.717, 1.165) is 9.87 Å². The highest BCUT2D eigenvalue weighted by Crippen LogP contribution is 2.13. The number of benzene rings is 1. The van der Waals surface area contributed by atoms with Gasteiger partial charge in [-0.2, -0.15) is 5.10 Å². The Morgan fingerprint density at radius 2 is 1.92 bits per heavy atom. The summed E-state index contributed by atoms with van der Waals surface area (Å²) < 4.78 is 25.0. The Morgan fingerprint density at radius 3 is 2.46 bits per heavy atom. The average Bonchev–Trinajstić information content (AvgIpc) is 2.96. The first-order valence-electron chi connectivity index (χ1n) is 7.21. The van der Waals surface area contributed by atoms with Gasteiger partial charge < -0.3 is 5.32 Å². The summed E-state index contributed by atoms with van der Waals surface area (Å²) in [5, 5.41) is 8.68. The van der Waals surface area contributed by atoms with Crippen LogP contribution in [0.1, 0.15) is 17.8 Å². The second-order valence-corrected chi connectivity index (χ2v) is 7.48. The molecule has 0 atom stereocenters. The lowest BCUT2D eigenvalue weighted by molar-refractivity contribution is -0.121. The lowest BCUT2D eigenvalue weighted by Crippen LogP contribution is -2.24. The molecule has 0 aliphatic carbocycles. The van der Waals surface area contributed by atoms with Crippen molar-refractivity contribution < 1.29 is 13.2 Å². The number of aromatic nitrogens is 3. The van der Waals surface area contributed by atoms with Crippen LogP contribution in [0.2, 0.25) is 0 Å². The zero-order valence-corrected chi connectivity index (χ0v) is 14.2. The molecule has 0 radical (unpaired) electrons. The van der Waals surface area contributed by atoms with Gasteiger partial charge in [-0.25, -0.2) is 22.6 Å². The molecule has 0 unspecified atom stereocenters. The van der Waals surface area contributed by atoms with Crippen molar-refractivity contribution in [2.24, 2.45) is 0 Å². The maximum absolute atomic E-state index is 12.0. The van der Waals surface area contributed by atoms with Crippen LogP contribution in [0.5, 0.6) is 0 Å². The Balaban J connectivity index is 1.86. The van der Waals surface area contributed by atoms with Gasteiger partial charge in [0.15, 0.2) is 0 Å². The van der Waals surface area contributed by atoms with E-state index in [-0.39, 0.29) is 23.8 Å². The minimum atomic E-state index is -3.46. The quantitative estimate of drug-likeness (QED) is 0.624. The summed E-state index contributed by atoms with van der Waals surface area (Å²) in [6.45, 7) is 0.290. The summed E-state index contributed by atoms with van der Waals surface area (Å²) >= 11 is 0. The molecule has 2 rings (SSSR count). The van der Waals surface area contributed by atoms with Crippen LogP contribution in [-0.4, -0.2) is 47.9 Å². The summed E-state index contributed by atoms with van der Waals surface area (Å²) in [5.74, 6) is 0.234. The fourth-order valence-electron chi connectivity index (χ4n) is 1.93. The van der Waals surface area contributed by atoms with Gasteiger partial charge in [-0.05, 0) is 17.7 Å². The van der Waals surface area contributed by atoms with Gasteiger partial charge in [0.25, 0.3) is 0 Å². The number of aryl methyl sites for hydroxylation is 1. The lowest BCUT2D eigenvalue weighted by atomic mass is 10.2.